The Bertz CT molecular complexity index is 985. The van der Waals surface area contributed by atoms with E-state index in [1.807, 2.05) is 37.3 Å². The molecule has 1 aliphatic heterocycles. The van der Waals surface area contributed by atoms with Crippen LogP contribution in [0, 0.1) is 12.8 Å². The number of hydrogen-bond donors (Lipinski definition) is 1. The van der Waals surface area contributed by atoms with Gasteiger partial charge in [0.15, 0.2) is 5.69 Å². The lowest BCUT2D eigenvalue weighted by atomic mass is 9.96. The summed E-state index contributed by atoms with van der Waals surface area (Å²) in [7, 11) is 0. The molecular formula is C22H28N6O. The lowest BCUT2D eigenvalue weighted by molar-refractivity contribution is 0.0930. The molecule has 3 aromatic rings. The number of pyridine rings is 1. The Morgan fingerprint density at radius 1 is 1.21 bits per heavy atom. The monoisotopic (exact) mass is 392 g/mol. The number of rotatable bonds is 6. The summed E-state index contributed by atoms with van der Waals surface area (Å²) in [6.45, 7) is 8.22. The Hall–Kier alpha value is -2.80. The Labute approximate surface area is 171 Å². The van der Waals surface area contributed by atoms with E-state index in [1.165, 1.54) is 13.0 Å². The highest BCUT2D eigenvalue weighted by Gasteiger charge is 2.22. The second kappa shape index (κ2) is 8.69. The summed E-state index contributed by atoms with van der Waals surface area (Å²) < 4.78 is 1.72. The number of likely N-dealkylation sites (tertiary alicyclic amines) is 1. The third-order valence-electron chi connectivity index (χ3n) is 5.76. The highest BCUT2D eigenvalue weighted by atomic mass is 16.2. The number of benzene rings is 1. The highest BCUT2D eigenvalue weighted by Crippen LogP contribution is 2.22. The molecule has 152 valence electrons. The van der Waals surface area contributed by atoms with E-state index < -0.39 is 0 Å². The predicted octanol–water partition coefficient (Wildman–Crippen LogP) is 2.98. The minimum absolute atomic E-state index is 0.150. The van der Waals surface area contributed by atoms with Gasteiger partial charge in [-0.15, -0.1) is 5.10 Å². The molecule has 1 amide bonds. The number of aromatic nitrogens is 4. The second-order valence-electron chi connectivity index (χ2n) is 7.78. The molecular weight excluding hydrogens is 364 g/mol. The summed E-state index contributed by atoms with van der Waals surface area (Å²) >= 11 is 0. The smallest absolute Gasteiger partial charge is 0.273 e. The summed E-state index contributed by atoms with van der Waals surface area (Å²) in [5.74, 6) is 0.384. The van der Waals surface area contributed by atoms with Gasteiger partial charge in [0.05, 0.1) is 16.9 Å². The maximum atomic E-state index is 12.7. The molecule has 0 atom stereocenters. The van der Waals surface area contributed by atoms with Crippen molar-refractivity contribution in [2.45, 2.75) is 33.1 Å². The quantitative estimate of drug-likeness (QED) is 0.698. The van der Waals surface area contributed by atoms with Crippen molar-refractivity contribution in [3.63, 3.8) is 0 Å². The van der Waals surface area contributed by atoms with Crippen LogP contribution in [0.25, 0.3) is 16.6 Å². The van der Waals surface area contributed by atoms with Crippen molar-refractivity contribution in [2.75, 3.05) is 26.2 Å². The average Bonchev–Trinajstić information content (AvgIpc) is 3.14. The Kier molecular flexibility index (Phi) is 5.85. The first-order valence-corrected chi connectivity index (χ1v) is 10.4. The van der Waals surface area contributed by atoms with Crippen LogP contribution in [0.3, 0.4) is 0 Å². The van der Waals surface area contributed by atoms with Gasteiger partial charge in [-0.2, -0.15) is 0 Å². The Balaban J connectivity index is 1.44. The molecule has 1 aromatic carbocycles. The van der Waals surface area contributed by atoms with Crippen molar-refractivity contribution >= 4 is 16.8 Å². The molecule has 0 spiro atoms. The van der Waals surface area contributed by atoms with E-state index in [4.69, 9.17) is 0 Å². The van der Waals surface area contributed by atoms with Crippen molar-refractivity contribution in [3.8, 4) is 5.69 Å². The van der Waals surface area contributed by atoms with Crippen LogP contribution in [-0.2, 0) is 0 Å². The van der Waals surface area contributed by atoms with Crippen molar-refractivity contribution in [2.24, 2.45) is 5.92 Å². The number of carbonyl (C=O) groups excluding carboxylic acids is 1. The van der Waals surface area contributed by atoms with Gasteiger partial charge in [0, 0.05) is 18.1 Å². The molecule has 0 saturated carbocycles. The van der Waals surface area contributed by atoms with E-state index in [-0.39, 0.29) is 5.91 Å². The van der Waals surface area contributed by atoms with Gasteiger partial charge in [0.1, 0.15) is 0 Å². The first-order valence-electron chi connectivity index (χ1n) is 10.4. The molecule has 1 N–H and O–H groups in total. The van der Waals surface area contributed by atoms with E-state index in [2.05, 4.69) is 32.4 Å². The molecule has 1 saturated heterocycles. The maximum absolute atomic E-state index is 12.7. The summed E-state index contributed by atoms with van der Waals surface area (Å²) in [5, 5.41) is 12.5. The first-order chi connectivity index (χ1) is 14.2. The van der Waals surface area contributed by atoms with Crippen molar-refractivity contribution < 1.29 is 4.79 Å². The average molecular weight is 393 g/mol. The largest absolute Gasteiger partial charge is 0.350 e. The third kappa shape index (κ3) is 4.15. The van der Waals surface area contributed by atoms with Crippen molar-refractivity contribution in [1.29, 1.82) is 0 Å². The lowest BCUT2D eigenvalue weighted by Crippen LogP contribution is -2.39. The van der Waals surface area contributed by atoms with Gasteiger partial charge in [-0.25, -0.2) is 4.68 Å². The number of piperidine rings is 1. The molecule has 2 aromatic heterocycles. The van der Waals surface area contributed by atoms with Crippen molar-refractivity contribution in [1.82, 2.24) is 30.2 Å². The van der Waals surface area contributed by atoms with E-state index in [0.29, 0.717) is 18.2 Å². The zero-order chi connectivity index (χ0) is 20.2. The number of nitrogens with zero attached hydrogens (tertiary/aromatic N) is 5. The van der Waals surface area contributed by atoms with Gasteiger partial charge in [-0.05, 0) is 76.0 Å². The van der Waals surface area contributed by atoms with Gasteiger partial charge >= 0.3 is 0 Å². The standard InChI is InChI=1S/C22H28N6O/c1-3-12-27-13-9-17(10-14-27)15-24-22(29)21-16(2)28(26-25-21)20-8-4-7-19-18(20)6-5-11-23-19/h4-8,11,17H,3,9-10,12-15H2,1-2H3,(H,24,29). The summed E-state index contributed by atoms with van der Waals surface area (Å²) in [4.78, 5) is 19.6. The summed E-state index contributed by atoms with van der Waals surface area (Å²) in [6, 6.07) is 9.78. The maximum Gasteiger partial charge on any atom is 0.273 e. The molecule has 29 heavy (non-hydrogen) atoms. The fraction of sp³-hybridized carbons (Fsp3) is 0.455. The normalized spacial score (nSPS) is 15.7. The Morgan fingerprint density at radius 2 is 2.03 bits per heavy atom. The molecule has 7 nitrogen and oxygen atoms in total. The van der Waals surface area contributed by atoms with Gasteiger partial charge in [-0.3, -0.25) is 9.78 Å². The molecule has 0 unspecified atom stereocenters. The zero-order valence-corrected chi connectivity index (χ0v) is 17.1. The molecule has 0 bridgehead atoms. The fourth-order valence-electron chi connectivity index (χ4n) is 4.09. The second-order valence-corrected chi connectivity index (χ2v) is 7.78. The van der Waals surface area contributed by atoms with Gasteiger partial charge in [-0.1, -0.05) is 18.2 Å². The first kappa shape index (κ1) is 19.5. The van der Waals surface area contributed by atoms with Crippen LogP contribution in [-0.4, -0.2) is 57.0 Å². The molecule has 3 heterocycles. The zero-order valence-electron chi connectivity index (χ0n) is 17.1. The number of carbonyl (C=O) groups is 1. The molecule has 0 radical (unpaired) electrons. The van der Waals surface area contributed by atoms with E-state index in [9.17, 15) is 4.79 Å². The van der Waals surface area contributed by atoms with E-state index in [0.717, 1.165) is 48.2 Å². The SMILES string of the molecule is CCCN1CCC(CNC(=O)c2nnn(-c3cccc4ncccc34)c2C)CC1. The van der Waals surface area contributed by atoms with Crippen LogP contribution in [0.15, 0.2) is 36.5 Å². The molecule has 0 aliphatic carbocycles. The predicted molar refractivity (Wildman–Crippen MR) is 113 cm³/mol. The van der Waals surface area contributed by atoms with Gasteiger partial charge in [0.25, 0.3) is 5.91 Å². The molecule has 4 rings (SSSR count). The minimum atomic E-state index is -0.150. The van der Waals surface area contributed by atoms with E-state index >= 15 is 0 Å². The molecule has 1 fully saturated rings. The topological polar surface area (TPSA) is 75.9 Å². The third-order valence-corrected chi connectivity index (χ3v) is 5.76. The fourth-order valence-corrected chi connectivity index (χ4v) is 4.09. The minimum Gasteiger partial charge on any atom is -0.350 e. The van der Waals surface area contributed by atoms with Crippen LogP contribution in [0.1, 0.15) is 42.4 Å². The van der Waals surface area contributed by atoms with Crippen LogP contribution in [0.5, 0.6) is 0 Å². The lowest BCUT2D eigenvalue weighted by Gasteiger charge is -2.31. The summed E-state index contributed by atoms with van der Waals surface area (Å²) in [6.07, 6.45) is 5.24. The van der Waals surface area contributed by atoms with Crippen LogP contribution < -0.4 is 5.32 Å². The number of hydrogen-bond acceptors (Lipinski definition) is 5. The van der Waals surface area contributed by atoms with Gasteiger partial charge < -0.3 is 10.2 Å². The summed E-state index contributed by atoms with van der Waals surface area (Å²) in [5.41, 5.74) is 2.88. The van der Waals surface area contributed by atoms with Crippen LogP contribution in [0.4, 0.5) is 0 Å². The highest BCUT2D eigenvalue weighted by molar-refractivity contribution is 5.94. The molecule has 7 heteroatoms. The van der Waals surface area contributed by atoms with E-state index in [1.54, 1.807) is 10.9 Å². The van der Waals surface area contributed by atoms with Crippen LogP contribution >= 0.6 is 0 Å². The number of fused-ring (bicyclic) bond motifs is 1. The van der Waals surface area contributed by atoms with Gasteiger partial charge in [0.2, 0.25) is 0 Å². The number of amides is 1. The molecule has 1 aliphatic rings. The van der Waals surface area contributed by atoms with Crippen molar-refractivity contribution in [3.05, 3.63) is 47.9 Å². The number of nitrogens with one attached hydrogen (secondary N) is 1. The Morgan fingerprint density at radius 3 is 2.83 bits per heavy atom. The van der Waals surface area contributed by atoms with Crippen LogP contribution in [0.2, 0.25) is 0 Å².